The van der Waals surface area contributed by atoms with Crippen molar-refractivity contribution in [3.63, 3.8) is 0 Å². The minimum absolute atomic E-state index is 0.0613. The Morgan fingerprint density at radius 3 is 2.35 bits per heavy atom. The number of hydrogen-bond donors (Lipinski definition) is 1. The fourth-order valence-electron chi connectivity index (χ4n) is 1.26. The van der Waals surface area contributed by atoms with Crippen molar-refractivity contribution in [2.24, 2.45) is 0 Å². The van der Waals surface area contributed by atoms with E-state index < -0.39 is 6.04 Å². The van der Waals surface area contributed by atoms with Crippen LogP contribution in [0.2, 0.25) is 0 Å². The molecule has 5 heteroatoms. The third-order valence-electron chi connectivity index (χ3n) is 2.40. The maximum atomic E-state index is 11.8. The van der Waals surface area contributed by atoms with Gasteiger partial charge in [-0.1, -0.05) is 13.3 Å². The smallest absolute Gasteiger partial charge is 0.244 e. The molecule has 2 atom stereocenters. The Morgan fingerprint density at radius 2 is 1.88 bits per heavy atom. The Bertz CT molecular complexity index is 257. The van der Waals surface area contributed by atoms with Gasteiger partial charge < -0.3 is 10.2 Å². The molecule has 0 rings (SSSR count). The Labute approximate surface area is 109 Å². The van der Waals surface area contributed by atoms with Gasteiger partial charge in [0, 0.05) is 14.1 Å². The highest BCUT2D eigenvalue weighted by Gasteiger charge is 2.20. The number of rotatable bonds is 7. The number of unbranched alkanes of at least 4 members (excludes halogenated alkanes) is 1. The summed E-state index contributed by atoms with van der Waals surface area (Å²) in [5, 5.41) is 2.64. The summed E-state index contributed by atoms with van der Waals surface area (Å²) in [5.41, 5.74) is 0. The van der Waals surface area contributed by atoms with Gasteiger partial charge in [0.25, 0.3) is 0 Å². The van der Waals surface area contributed by atoms with Crippen molar-refractivity contribution in [1.29, 1.82) is 0 Å². The molecule has 0 heterocycles. The first-order valence-corrected chi connectivity index (χ1v) is 7.08. The zero-order chi connectivity index (χ0) is 13.4. The fraction of sp³-hybridized carbons (Fsp3) is 0.833. The van der Waals surface area contributed by atoms with Crippen LogP contribution < -0.4 is 5.32 Å². The standard InChI is InChI=1S/C12H24N2O2S/c1-6-7-8-17-10(3)11(15)13-9(2)12(16)14(4)5/h9-10H,6-8H2,1-5H3,(H,13,15)/t9-,10+/m1/s1. The Morgan fingerprint density at radius 1 is 1.29 bits per heavy atom. The zero-order valence-electron chi connectivity index (χ0n) is 11.4. The van der Waals surface area contributed by atoms with E-state index in [1.54, 1.807) is 32.8 Å². The summed E-state index contributed by atoms with van der Waals surface area (Å²) in [6.07, 6.45) is 2.26. The fourth-order valence-corrected chi connectivity index (χ4v) is 2.29. The van der Waals surface area contributed by atoms with Crippen LogP contribution in [0.5, 0.6) is 0 Å². The summed E-state index contributed by atoms with van der Waals surface area (Å²) in [6.45, 7) is 5.72. The lowest BCUT2D eigenvalue weighted by Crippen LogP contribution is -2.46. The molecule has 0 aromatic carbocycles. The average molecular weight is 260 g/mol. The molecule has 0 bridgehead atoms. The first-order valence-electron chi connectivity index (χ1n) is 6.03. The van der Waals surface area contributed by atoms with Crippen molar-refractivity contribution in [3.05, 3.63) is 0 Å². The lowest BCUT2D eigenvalue weighted by molar-refractivity contribution is -0.133. The van der Waals surface area contributed by atoms with Crippen LogP contribution in [0.1, 0.15) is 33.6 Å². The van der Waals surface area contributed by atoms with Crippen molar-refractivity contribution in [2.75, 3.05) is 19.8 Å². The summed E-state index contributed by atoms with van der Waals surface area (Å²) >= 11 is 1.63. The van der Waals surface area contributed by atoms with E-state index >= 15 is 0 Å². The molecule has 0 aliphatic carbocycles. The molecule has 2 amide bonds. The van der Waals surface area contributed by atoms with Crippen LogP contribution in [0.3, 0.4) is 0 Å². The maximum absolute atomic E-state index is 11.8. The Hall–Kier alpha value is -0.710. The van der Waals surface area contributed by atoms with Gasteiger partial charge in [-0.25, -0.2) is 0 Å². The molecular weight excluding hydrogens is 236 g/mol. The molecule has 0 radical (unpaired) electrons. The molecule has 100 valence electrons. The van der Waals surface area contributed by atoms with E-state index in [2.05, 4.69) is 12.2 Å². The molecule has 0 unspecified atom stereocenters. The van der Waals surface area contributed by atoms with Crippen molar-refractivity contribution < 1.29 is 9.59 Å². The van der Waals surface area contributed by atoms with Gasteiger partial charge in [0.2, 0.25) is 11.8 Å². The Balaban J connectivity index is 4.02. The van der Waals surface area contributed by atoms with Gasteiger partial charge in [-0.2, -0.15) is 0 Å². The first-order chi connectivity index (χ1) is 7.90. The monoisotopic (exact) mass is 260 g/mol. The number of nitrogens with one attached hydrogen (secondary N) is 1. The topological polar surface area (TPSA) is 49.4 Å². The normalized spacial score (nSPS) is 13.9. The van der Waals surface area contributed by atoms with E-state index in [4.69, 9.17) is 0 Å². The summed E-state index contributed by atoms with van der Waals surface area (Å²) < 4.78 is 0. The molecule has 0 saturated carbocycles. The van der Waals surface area contributed by atoms with Gasteiger partial charge in [0.15, 0.2) is 0 Å². The highest BCUT2D eigenvalue weighted by molar-refractivity contribution is 8.00. The van der Waals surface area contributed by atoms with E-state index in [9.17, 15) is 9.59 Å². The number of carbonyl (C=O) groups excluding carboxylic acids is 2. The third-order valence-corrected chi connectivity index (χ3v) is 3.64. The summed E-state index contributed by atoms with van der Waals surface area (Å²) in [5.74, 6) is 0.846. The van der Waals surface area contributed by atoms with Gasteiger partial charge in [-0.15, -0.1) is 11.8 Å². The maximum Gasteiger partial charge on any atom is 0.244 e. The number of nitrogens with zero attached hydrogens (tertiary/aromatic N) is 1. The van der Waals surface area contributed by atoms with Crippen molar-refractivity contribution in [1.82, 2.24) is 10.2 Å². The molecule has 0 fully saturated rings. The van der Waals surface area contributed by atoms with Crippen LogP contribution in [0, 0.1) is 0 Å². The number of carbonyl (C=O) groups is 2. The number of amides is 2. The highest BCUT2D eigenvalue weighted by atomic mass is 32.2. The number of thioether (sulfide) groups is 1. The lowest BCUT2D eigenvalue weighted by atomic mass is 10.3. The molecule has 1 N–H and O–H groups in total. The zero-order valence-corrected chi connectivity index (χ0v) is 12.3. The molecule has 0 spiro atoms. The molecule has 0 aromatic heterocycles. The summed E-state index contributed by atoms with van der Waals surface area (Å²) in [6, 6.07) is -0.452. The van der Waals surface area contributed by atoms with Crippen molar-refractivity contribution >= 4 is 23.6 Å². The van der Waals surface area contributed by atoms with Crippen LogP contribution in [-0.4, -0.2) is 47.9 Å². The van der Waals surface area contributed by atoms with Gasteiger partial charge in [-0.05, 0) is 26.0 Å². The van der Waals surface area contributed by atoms with Crippen LogP contribution in [0.4, 0.5) is 0 Å². The van der Waals surface area contributed by atoms with Gasteiger partial charge in [0.1, 0.15) is 6.04 Å². The predicted molar refractivity (Wildman–Crippen MR) is 73.1 cm³/mol. The quantitative estimate of drug-likeness (QED) is 0.706. The highest BCUT2D eigenvalue weighted by Crippen LogP contribution is 2.12. The Kier molecular flexibility index (Phi) is 8.04. The van der Waals surface area contributed by atoms with E-state index in [0.717, 1.165) is 18.6 Å². The van der Waals surface area contributed by atoms with E-state index in [1.807, 2.05) is 6.92 Å². The summed E-state index contributed by atoms with van der Waals surface area (Å²) in [4.78, 5) is 24.8. The average Bonchev–Trinajstić information content (AvgIpc) is 2.27. The van der Waals surface area contributed by atoms with Gasteiger partial charge in [-0.3, -0.25) is 9.59 Å². The van der Waals surface area contributed by atoms with E-state index in [-0.39, 0.29) is 17.1 Å². The number of likely N-dealkylation sites (N-methyl/N-ethyl adjacent to an activating group) is 1. The third kappa shape index (κ3) is 6.56. The minimum atomic E-state index is -0.452. The largest absolute Gasteiger partial charge is 0.347 e. The van der Waals surface area contributed by atoms with Crippen LogP contribution >= 0.6 is 11.8 Å². The van der Waals surface area contributed by atoms with Crippen molar-refractivity contribution in [3.8, 4) is 0 Å². The lowest BCUT2D eigenvalue weighted by Gasteiger charge is -2.20. The second-order valence-corrected chi connectivity index (χ2v) is 5.78. The van der Waals surface area contributed by atoms with Crippen LogP contribution in [0.15, 0.2) is 0 Å². The molecule has 0 aliphatic rings. The molecule has 0 aliphatic heterocycles. The molecular formula is C12H24N2O2S. The van der Waals surface area contributed by atoms with E-state index in [1.165, 1.54) is 4.90 Å². The van der Waals surface area contributed by atoms with Gasteiger partial charge >= 0.3 is 0 Å². The second-order valence-electron chi connectivity index (χ2n) is 4.33. The molecule has 4 nitrogen and oxygen atoms in total. The van der Waals surface area contributed by atoms with Crippen molar-refractivity contribution in [2.45, 2.75) is 44.9 Å². The summed E-state index contributed by atoms with van der Waals surface area (Å²) in [7, 11) is 3.37. The molecule has 0 aromatic rings. The van der Waals surface area contributed by atoms with E-state index in [0.29, 0.717) is 0 Å². The first kappa shape index (κ1) is 16.3. The van der Waals surface area contributed by atoms with Crippen LogP contribution in [-0.2, 0) is 9.59 Å². The van der Waals surface area contributed by atoms with Crippen LogP contribution in [0.25, 0.3) is 0 Å². The molecule has 0 saturated heterocycles. The van der Waals surface area contributed by atoms with Gasteiger partial charge in [0.05, 0.1) is 5.25 Å². The predicted octanol–water partition coefficient (Wildman–Crippen LogP) is 1.50. The minimum Gasteiger partial charge on any atom is -0.347 e. The molecule has 17 heavy (non-hydrogen) atoms. The second kappa shape index (κ2) is 8.39. The number of hydrogen-bond acceptors (Lipinski definition) is 3. The SMILES string of the molecule is CCCCS[C@@H](C)C(=O)N[C@H](C)C(=O)N(C)C.